The Morgan fingerprint density at radius 2 is 2.00 bits per heavy atom. The summed E-state index contributed by atoms with van der Waals surface area (Å²) in [7, 11) is -1.70. The first kappa shape index (κ1) is 24.9. The summed E-state index contributed by atoms with van der Waals surface area (Å²) >= 11 is 1.40. The molecule has 0 radical (unpaired) electrons. The van der Waals surface area contributed by atoms with Crippen molar-refractivity contribution in [2.24, 2.45) is 5.16 Å². The van der Waals surface area contributed by atoms with Crippen LogP contribution in [0.5, 0.6) is 0 Å². The summed E-state index contributed by atoms with van der Waals surface area (Å²) in [6.45, 7) is 2.40. The smallest absolute Gasteiger partial charge is 0.191 e. The van der Waals surface area contributed by atoms with Gasteiger partial charge in [-0.1, -0.05) is 17.3 Å². The van der Waals surface area contributed by atoms with Gasteiger partial charge in [0.15, 0.2) is 27.4 Å². The maximum Gasteiger partial charge on any atom is 0.191 e. The Balaban J connectivity index is 1.47. The molecule has 1 aromatic heterocycles. The third-order valence-electron chi connectivity index (χ3n) is 5.45. The van der Waals surface area contributed by atoms with Crippen molar-refractivity contribution in [3.05, 3.63) is 45.9 Å². The van der Waals surface area contributed by atoms with Gasteiger partial charge in [0.25, 0.3) is 0 Å². The lowest BCUT2D eigenvalue weighted by Gasteiger charge is -2.10. The SMILES string of the molecule is COCCOCc1cnc(CC(=O)/C(=N/O[C@@H]2CCOC2)c2ccc(S(=O)(=O)C3CC3)cc2)s1. The second-order valence-corrected chi connectivity index (χ2v) is 11.6. The molecule has 1 saturated heterocycles. The highest BCUT2D eigenvalue weighted by atomic mass is 32.2. The molecule has 2 aromatic rings. The second kappa shape index (κ2) is 11.5. The van der Waals surface area contributed by atoms with Crippen LogP contribution in [0.4, 0.5) is 0 Å². The zero-order valence-electron chi connectivity index (χ0n) is 19.0. The average molecular weight is 509 g/mol. The molecule has 4 rings (SSSR count). The Hall–Kier alpha value is -2.18. The van der Waals surface area contributed by atoms with Crippen molar-refractivity contribution in [2.45, 2.75) is 48.5 Å². The van der Waals surface area contributed by atoms with E-state index >= 15 is 0 Å². The molecule has 1 atom stereocenters. The number of oxime groups is 1. The quantitative estimate of drug-likeness (QED) is 0.230. The van der Waals surface area contributed by atoms with Gasteiger partial charge in [-0.2, -0.15) is 0 Å². The third-order valence-corrected chi connectivity index (χ3v) is 8.70. The zero-order chi connectivity index (χ0) is 24.0. The first-order chi connectivity index (χ1) is 16.5. The van der Waals surface area contributed by atoms with Gasteiger partial charge in [0.05, 0.1) is 54.5 Å². The Kier molecular flexibility index (Phi) is 8.43. The van der Waals surface area contributed by atoms with Gasteiger partial charge in [0, 0.05) is 25.3 Å². The fourth-order valence-electron chi connectivity index (χ4n) is 3.39. The number of carbonyl (C=O) groups is 1. The van der Waals surface area contributed by atoms with Crippen LogP contribution in [0.2, 0.25) is 0 Å². The number of ether oxygens (including phenoxy) is 3. The molecule has 2 heterocycles. The summed E-state index contributed by atoms with van der Waals surface area (Å²) in [4.78, 5) is 24.3. The molecule has 1 aliphatic heterocycles. The summed E-state index contributed by atoms with van der Waals surface area (Å²) in [6.07, 6.45) is 3.62. The van der Waals surface area contributed by atoms with Crippen molar-refractivity contribution in [1.82, 2.24) is 4.98 Å². The van der Waals surface area contributed by atoms with Crippen LogP contribution in [0.3, 0.4) is 0 Å². The van der Waals surface area contributed by atoms with Gasteiger partial charge in [0.2, 0.25) is 0 Å². The number of hydrogen-bond acceptors (Lipinski definition) is 10. The van der Waals surface area contributed by atoms with Gasteiger partial charge in [-0.25, -0.2) is 13.4 Å². The van der Waals surface area contributed by atoms with Crippen LogP contribution < -0.4 is 0 Å². The van der Waals surface area contributed by atoms with Crippen LogP contribution >= 0.6 is 11.3 Å². The minimum Gasteiger partial charge on any atom is -0.389 e. The topological polar surface area (TPSA) is 113 Å². The molecule has 9 nitrogen and oxygen atoms in total. The molecule has 1 aromatic carbocycles. The van der Waals surface area contributed by atoms with Crippen molar-refractivity contribution in [3.63, 3.8) is 0 Å². The van der Waals surface area contributed by atoms with E-state index in [1.54, 1.807) is 25.4 Å². The van der Waals surface area contributed by atoms with E-state index < -0.39 is 9.84 Å². The van der Waals surface area contributed by atoms with Crippen molar-refractivity contribution in [1.29, 1.82) is 0 Å². The molecule has 2 aliphatic rings. The van der Waals surface area contributed by atoms with Crippen LogP contribution in [-0.2, 0) is 46.7 Å². The predicted octanol–water partition coefficient (Wildman–Crippen LogP) is 2.56. The number of rotatable bonds is 13. The zero-order valence-corrected chi connectivity index (χ0v) is 20.6. The number of ketones is 1. The molecule has 1 saturated carbocycles. The van der Waals surface area contributed by atoms with Gasteiger partial charge in [-0.05, 0) is 25.0 Å². The van der Waals surface area contributed by atoms with E-state index in [-0.39, 0.29) is 34.2 Å². The second-order valence-electron chi connectivity index (χ2n) is 8.17. The number of methoxy groups -OCH3 is 1. The van der Waals surface area contributed by atoms with Gasteiger partial charge in [-0.3, -0.25) is 4.79 Å². The lowest BCUT2D eigenvalue weighted by Crippen LogP contribution is -2.20. The van der Waals surface area contributed by atoms with Gasteiger partial charge < -0.3 is 19.0 Å². The first-order valence-electron chi connectivity index (χ1n) is 11.2. The number of thiazole rings is 1. The van der Waals surface area contributed by atoms with Crippen molar-refractivity contribution < 1.29 is 32.3 Å². The first-order valence-corrected chi connectivity index (χ1v) is 13.5. The normalized spacial score (nSPS) is 18.9. The molecule has 1 aliphatic carbocycles. The Labute approximate surface area is 203 Å². The summed E-state index contributed by atoms with van der Waals surface area (Å²) in [6, 6.07) is 6.28. The maximum absolute atomic E-state index is 13.2. The van der Waals surface area contributed by atoms with Gasteiger partial charge in [-0.15, -0.1) is 11.3 Å². The third kappa shape index (κ3) is 6.48. The fraction of sp³-hybridized carbons (Fsp3) is 0.522. The summed E-state index contributed by atoms with van der Waals surface area (Å²) in [5, 5.41) is 4.51. The number of hydrogen-bond donors (Lipinski definition) is 0. The number of carbonyl (C=O) groups excluding carboxylic acids is 1. The van der Waals surface area contributed by atoms with Crippen LogP contribution in [0.1, 0.15) is 34.7 Å². The number of aromatic nitrogens is 1. The highest BCUT2D eigenvalue weighted by Gasteiger charge is 2.36. The molecule has 0 N–H and O–H groups in total. The highest BCUT2D eigenvalue weighted by Crippen LogP contribution is 2.33. The Bertz CT molecular complexity index is 1100. The van der Waals surface area contributed by atoms with Crippen molar-refractivity contribution >= 4 is 32.7 Å². The summed E-state index contributed by atoms with van der Waals surface area (Å²) < 4.78 is 40.8. The molecule has 0 unspecified atom stereocenters. The monoisotopic (exact) mass is 508 g/mol. The Morgan fingerprint density at radius 3 is 2.68 bits per heavy atom. The van der Waals surface area contributed by atoms with Crippen LogP contribution in [0.25, 0.3) is 0 Å². The standard InChI is InChI=1S/C23H28N2O7S2/c1-29-10-11-31-15-18-13-24-22(33-18)12-21(26)23(25-32-17-8-9-30-14-17)16-2-4-19(5-3-16)34(27,28)20-6-7-20/h2-5,13,17,20H,6-12,14-15H2,1H3/b25-23+/t17-/m1/s1. The van der Waals surface area contributed by atoms with E-state index in [2.05, 4.69) is 10.1 Å². The number of sulfone groups is 1. The lowest BCUT2D eigenvalue weighted by atomic mass is 10.0. The molecule has 2 fully saturated rings. The van der Waals surface area contributed by atoms with Crippen molar-refractivity contribution in [2.75, 3.05) is 33.5 Å². The molecule has 0 spiro atoms. The maximum atomic E-state index is 13.2. The molecule has 184 valence electrons. The molecule has 0 bridgehead atoms. The largest absolute Gasteiger partial charge is 0.389 e. The summed E-state index contributed by atoms with van der Waals surface area (Å²) in [5.41, 5.74) is 0.633. The number of benzene rings is 1. The highest BCUT2D eigenvalue weighted by molar-refractivity contribution is 7.92. The fourth-order valence-corrected chi connectivity index (χ4v) is 5.91. The number of nitrogens with zero attached hydrogens (tertiary/aromatic N) is 2. The van der Waals surface area contributed by atoms with Crippen LogP contribution in [-0.4, -0.2) is 69.8 Å². The van der Waals surface area contributed by atoms with E-state index in [9.17, 15) is 13.2 Å². The molecule has 34 heavy (non-hydrogen) atoms. The number of Topliss-reactive ketones (excluding diaryl/α,β-unsaturated/α-hetero) is 1. The van der Waals surface area contributed by atoms with Crippen molar-refractivity contribution in [3.8, 4) is 0 Å². The van der Waals surface area contributed by atoms with E-state index in [0.29, 0.717) is 62.9 Å². The van der Waals surface area contributed by atoms with E-state index in [4.69, 9.17) is 19.0 Å². The van der Waals surface area contributed by atoms with Crippen LogP contribution in [0.15, 0.2) is 40.5 Å². The van der Waals surface area contributed by atoms with E-state index in [1.807, 2.05) is 0 Å². The molecule has 0 amide bonds. The minimum atomic E-state index is -3.31. The van der Waals surface area contributed by atoms with Crippen LogP contribution in [0, 0.1) is 0 Å². The molecular formula is C23H28N2O7S2. The lowest BCUT2D eigenvalue weighted by molar-refractivity contribution is -0.112. The van der Waals surface area contributed by atoms with Gasteiger partial charge in [0.1, 0.15) is 5.01 Å². The molecule has 11 heteroatoms. The van der Waals surface area contributed by atoms with E-state index in [1.165, 1.54) is 23.5 Å². The van der Waals surface area contributed by atoms with Gasteiger partial charge >= 0.3 is 0 Å². The minimum absolute atomic E-state index is 0.0498. The summed E-state index contributed by atoms with van der Waals surface area (Å²) in [5.74, 6) is -0.266. The predicted molar refractivity (Wildman–Crippen MR) is 126 cm³/mol. The average Bonchev–Trinajstić information content (AvgIpc) is 3.41. The molecular weight excluding hydrogens is 480 g/mol. The van der Waals surface area contributed by atoms with E-state index in [0.717, 1.165) is 4.88 Å². The Morgan fingerprint density at radius 1 is 1.21 bits per heavy atom.